The minimum atomic E-state index is -0.940. The Balaban J connectivity index is 3.16. The summed E-state index contributed by atoms with van der Waals surface area (Å²) in [4.78, 5) is 0. The molecule has 0 spiro atoms. The van der Waals surface area contributed by atoms with Gasteiger partial charge in [0, 0.05) is 12.7 Å². The molecule has 0 radical (unpaired) electrons. The van der Waals surface area contributed by atoms with E-state index in [2.05, 4.69) is 12.3 Å². The fraction of sp³-hybridized carbons (Fsp3) is 0.400. The summed E-state index contributed by atoms with van der Waals surface area (Å²) in [5.41, 5.74) is 4.77. The van der Waals surface area contributed by atoms with Crippen LogP contribution in [-0.2, 0) is 11.2 Å². The van der Waals surface area contributed by atoms with Gasteiger partial charge in [-0.15, -0.1) is 5.73 Å². The highest BCUT2D eigenvalue weighted by molar-refractivity contribution is 5.72. The van der Waals surface area contributed by atoms with Gasteiger partial charge in [-0.25, -0.2) is 0 Å². The molecular weight excluding hydrogens is 212 g/mol. The van der Waals surface area contributed by atoms with E-state index in [-0.39, 0.29) is 0 Å². The SMILES string of the molecule is C=C=C(c1ccccc1CCOC)C(C)(C)O. The first-order valence-corrected chi connectivity index (χ1v) is 5.70. The quantitative estimate of drug-likeness (QED) is 0.791. The normalized spacial score (nSPS) is 11.1. The van der Waals surface area contributed by atoms with Crippen LogP contribution >= 0.6 is 0 Å². The van der Waals surface area contributed by atoms with Gasteiger partial charge in [0.05, 0.1) is 12.2 Å². The van der Waals surface area contributed by atoms with E-state index < -0.39 is 5.60 Å². The van der Waals surface area contributed by atoms with Crippen molar-refractivity contribution in [2.45, 2.75) is 25.9 Å². The predicted octanol–water partition coefficient (Wildman–Crippen LogP) is 2.81. The average molecular weight is 232 g/mol. The smallest absolute Gasteiger partial charge is 0.0917 e. The Labute approximate surface area is 103 Å². The molecule has 2 nitrogen and oxygen atoms in total. The van der Waals surface area contributed by atoms with E-state index in [1.165, 1.54) is 0 Å². The lowest BCUT2D eigenvalue weighted by Crippen LogP contribution is -2.21. The highest BCUT2D eigenvalue weighted by atomic mass is 16.5. The molecule has 1 aromatic carbocycles. The number of ether oxygens (including phenoxy) is 1. The number of benzene rings is 1. The van der Waals surface area contributed by atoms with Crippen LogP contribution in [0.15, 0.2) is 36.6 Å². The third kappa shape index (κ3) is 3.57. The summed E-state index contributed by atoms with van der Waals surface area (Å²) in [6.07, 6.45) is 0.813. The lowest BCUT2D eigenvalue weighted by molar-refractivity contribution is 0.144. The van der Waals surface area contributed by atoms with Crippen molar-refractivity contribution in [2.24, 2.45) is 0 Å². The first kappa shape index (κ1) is 13.7. The number of methoxy groups -OCH3 is 1. The van der Waals surface area contributed by atoms with Gasteiger partial charge in [0.1, 0.15) is 0 Å². The number of aliphatic hydroxyl groups is 1. The van der Waals surface area contributed by atoms with Gasteiger partial charge in [0.2, 0.25) is 0 Å². The fourth-order valence-electron chi connectivity index (χ4n) is 1.84. The Hall–Kier alpha value is -1.34. The molecule has 0 unspecified atom stereocenters. The lowest BCUT2D eigenvalue weighted by atomic mass is 9.88. The van der Waals surface area contributed by atoms with Crippen LogP contribution < -0.4 is 0 Å². The zero-order valence-corrected chi connectivity index (χ0v) is 10.8. The fourth-order valence-corrected chi connectivity index (χ4v) is 1.84. The second-order valence-electron chi connectivity index (χ2n) is 4.51. The highest BCUT2D eigenvalue weighted by Gasteiger charge is 2.22. The van der Waals surface area contributed by atoms with E-state index in [9.17, 15) is 5.11 Å². The summed E-state index contributed by atoms with van der Waals surface area (Å²) in [5, 5.41) is 10.1. The molecule has 0 atom stereocenters. The molecule has 0 aliphatic heterocycles. The van der Waals surface area contributed by atoms with Gasteiger partial charge in [-0.05, 0) is 31.4 Å². The van der Waals surface area contributed by atoms with Crippen LogP contribution in [0.2, 0.25) is 0 Å². The summed E-state index contributed by atoms with van der Waals surface area (Å²) in [6.45, 7) is 7.82. The molecule has 92 valence electrons. The van der Waals surface area contributed by atoms with Crippen LogP contribution in [0.3, 0.4) is 0 Å². The predicted molar refractivity (Wildman–Crippen MR) is 70.9 cm³/mol. The Morgan fingerprint density at radius 2 is 2.06 bits per heavy atom. The topological polar surface area (TPSA) is 29.5 Å². The van der Waals surface area contributed by atoms with Gasteiger partial charge in [0.25, 0.3) is 0 Å². The van der Waals surface area contributed by atoms with E-state index in [4.69, 9.17) is 4.74 Å². The largest absolute Gasteiger partial charge is 0.385 e. The summed E-state index contributed by atoms with van der Waals surface area (Å²) < 4.78 is 5.09. The van der Waals surface area contributed by atoms with Crippen molar-refractivity contribution in [3.63, 3.8) is 0 Å². The molecule has 2 heteroatoms. The molecule has 17 heavy (non-hydrogen) atoms. The van der Waals surface area contributed by atoms with Crippen LogP contribution in [0.1, 0.15) is 25.0 Å². The molecule has 0 fully saturated rings. The van der Waals surface area contributed by atoms with Crippen molar-refractivity contribution in [2.75, 3.05) is 13.7 Å². The molecule has 0 aliphatic rings. The second-order valence-corrected chi connectivity index (χ2v) is 4.51. The maximum atomic E-state index is 10.1. The first-order chi connectivity index (χ1) is 8.00. The Morgan fingerprint density at radius 1 is 1.41 bits per heavy atom. The number of hydrogen-bond donors (Lipinski definition) is 1. The van der Waals surface area contributed by atoms with Crippen molar-refractivity contribution >= 4 is 5.57 Å². The van der Waals surface area contributed by atoms with Crippen molar-refractivity contribution in [1.29, 1.82) is 0 Å². The van der Waals surface area contributed by atoms with Gasteiger partial charge in [0.15, 0.2) is 0 Å². The van der Waals surface area contributed by atoms with Gasteiger partial charge in [-0.1, -0.05) is 30.8 Å². The van der Waals surface area contributed by atoms with Crippen molar-refractivity contribution < 1.29 is 9.84 Å². The van der Waals surface area contributed by atoms with E-state index in [1.54, 1.807) is 21.0 Å². The minimum absolute atomic E-state index is 0.660. The summed E-state index contributed by atoms with van der Waals surface area (Å²) in [5.74, 6) is 0. The van der Waals surface area contributed by atoms with E-state index in [0.717, 1.165) is 23.1 Å². The zero-order valence-electron chi connectivity index (χ0n) is 10.8. The molecule has 0 saturated carbocycles. The van der Waals surface area contributed by atoms with Crippen LogP contribution in [0, 0.1) is 0 Å². The first-order valence-electron chi connectivity index (χ1n) is 5.70. The maximum absolute atomic E-state index is 10.1. The second kappa shape index (κ2) is 5.83. The number of rotatable bonds is 5. The Morgan fingerprint density at radius 3 is 2.59 bits per heavy atom. The van der Waals surface area contributed by atoms with Crippen molar-refractivity contribution in [3.05, 3.63) is 47.7 Å². The lowest BCUT2D eigenvalue weighted by Gasteiger charge is -2.22. The number of hydrogen-bond acceptors (Lipinski definition) is 2. The third-order valence-electron chi connectivity index (χ3n) is 2.65. The van der Waals surface area contributed by atoms with E-state index in [1.807, 2.05) is 24.3 Å². The van der Waals surface area contributed by atoms with Crippen LogP contribution in [-0.4, -0.2) is 24.4 Å². The molecule has 0 aromatic heterocycles. The molecule has 1 N–H and O–H groups in total. The van der Waals surface area contributed by atoms with Gasteiger partial charge in [-0.3, -0.25) is 0 Å². The van der Waals surface area contributed by atoms with Gasteiger partial charge < -0.3 is 9.84 Å². The minimum Gasteiger partial charge on any atom is -0.385 e. The van der Waals surface area contributed by atoms with E-state index >= 15 is 0 Å². The molecule has 0 aliphatic carbocycles. The highest BCUT2D eigenvalue weighted by Crippen LogP contribution is 2.28. The Bertz CT molecular complexity index is 421. The molecule has 1 aromatic rings. The molecule has 1 rings (SSSR count). The summed E-state index contributed by atoms with van der Waals surface area (Å²) >= 11 is 0. The Kier molecular flexibility index (Phi) is 4.71. The maximum Gasteiger partial charge on any atom is 0.0917 e. The molecule has 0 saturated heterocycles. The molecule has 0 amide bonds. The van der Waals surface area contributed by atoms with E-state index in [0.29, 0.717) is 6.61 Å². The molecular formula is C15H20O2. The zero-order chi connectivity index (χ0) is 12.9. The standard InChI is InChI=1S/C15H20O2/c1-5-14(15(2,3)16)13-9-7-6-8-12(13)10-11-17-4/h6-9,16H,1,10-11H2,2-4H3. The van der Waals surface area contributed by atoms with Gasteiger partial charge >= 0.3 is 0 Å². The third-order valence-corrected chi connectivity index (χ3v) is 2.65. The summed E-state index contributed by atoms with van der Waals surface area (Å²) in [6, 6.07) is 7.96. The van der Waals surface area contributed by atoms with Crippen molar-refractivity contribution in [1.82, 2.24) is 0 Å². The average Bonchev–Trinajstić information content (AvgIpc) is 2.27. The van der Waals surface area contributed by atoms with Gasteiger partial charge in [-0.2, -0.15) is 0 Å². The van der Waals surface area contributed by atoms with Crippen LogP contribution in [0.25, 0.3) is 5.57 Å². The van der Waals surface area contributed by atoms with Crippen LogP contribution in [0.4, 0.5) is 0 Å². The molecule has 0 bridgehead atoms. The summed E-state index contributed by atoms with van der Waals surface area (Å²) in [7, 11) is 1.68. The van der Waals surface area contributed by atoms with Crippen LogP contribution in [0.5, 0.6) is 0 Å². The molecule has 0 heterocycles. The van der Waals surface area contributed by atoms with Crippen molar-refractivity contribution in [3.8, 4) is 0 Å². The monoisotopic (exact) mass is 232 g/mol.